The van der Waals surface area contributed by atoms with E-state index >= 15 is 0 Å². The van der Waals surface area contributed by atoms with Crippen molar-refractivity contribution in [2.75, 3.05) is 14.2 Å². The van der Waals surface area contributed by atoms with Crippen molar-refractivity contribution in [1.29, 1.82) is 0 Å². The Bertz CT molecular complexity index is 2230. The molecule has 0 radical (unpaired) electrons. The Morgan fingerprint density at radius 2 is 1.39 bits per heavy atom. The van der Waals surface area contributed by atoms with Crippen molar-refractivity contribution in [3.8, 4) is 28.7 Å². The van der Waals surface area contributed by atoms with Crippen molar-refractivity contribution in [2.45, 2.75) is 116 Å². The molecule has 5 atom stereocenters. The van der Waals surface area contributed by atoms with Gasteiger partial charge in [0.05, 0.1) is 44.3 Å². The van der Waals surface area contributed by atoms with Gasteiger partial charge in [0.25, 0.3) is 0 Å². The summed E-state index contributed by atoms with van der Waals surface area (Å²) < 4.78 is 29.8. The zero-order valence-corrected chi connectivity index (χ0v) is 37.5. The number of esters is 1. The molecule has 13 heteroatoms. The Kier molecular flexibility index (Phi) is 15.1. The van der Waals surface area contributed by atoms with E-state index in [2.05, 4.69) is 10.6 Å². The topological polar surface area (TPSA) is 191 Å². The van der Waals surface area contributed by atoms with E-state index in [0.29, 0.717) is 29.2 Å². The van der Waals surface area contributed by atoms with Gasteiger partial charge >= 0.3 is 5.97 Å². The number of hydrogen-bond donors (Lipinski definition) is 4. The summed E-state index contributed by atoms with van der Waals surface area (Å²) >= 11 is 0. The SMILES string of the molecule is CC[C@H](C)[C@H](N)C(=O)N[C@@H](Cc1ccc(OC(C)(C)C)cc1)C(=O)N[C@@H](C)C(=O)C(N)c1c(OC)ccc2c1Oc1c(ccc(OC)c1CC(=O)OCc1ccccc1)C2(C)C. The van der Waals surface area contributed by atoms with Gasteiger partial charge in [-0.3, -0.25) is 19.2 Å². The second kappa shape index (κ2) is 19.9. The molecule has 0 aromatic heterocycles. The zero-order chi connectivity index (χ0) is 45.5. The van der Waals surface area contributed by atoms with Gasteiger partial charge in [-0.25, -0.2) is 0 Å². The highest BCUT2D eigenvalue weighted by atomic mass is 16.5. The monoisotopic (exact) mass is 850 g/mol. The van der Waals surface area contributed by atoms with Crippen molar-refractivity contribution < 1.29 is 42.9 Å². The highest BCUT2D eigenvalue weighted by Gasteiger charge is 2.41. The maximum absolute atomic E-state index is 14.4. The first kappa shape index (κ1) is 47.1. The van der Waals surface area contributed by atoms with Gasteiger partial charge in [0.1, 0.15) is 47.0 Å². The molecule has 0 fully saturated rings. The third-order valence-electron chi connectivity index (χ3n) is 11.3. The first-order valence-electron chi connectivity index (χ1n) is 21.0. The number of hydrogen-bond acceptors (Lipinski definition) is 11. The molecule has 1 aliphatic rings. The lowest BCUT2D eigenvalue weighted by atomic mass is 9.73. The van der Waals surface area contributed by atoms with Crippen LogP contribution in [0.15, 0.2) is 78.9 Å². The molecule has 1 unspecified atom stereocenters. The van der Waals surface area contributed by atoms with Gasteiger partial charge < -0.3 is 45.8 Å². The van der Waals surface area contributed by atoms with Crippen molar-refractivity contribution >= 4 is 23.6 Å². The van der Waals surface area contributed by atoms with E-state index in [0.717, 1.165) is 22.3 Å². The number of fused-ring (bicyclic) bond motifs is 2. The molecule has 62 heavy (non-hydrogen) atoms. The predicted molar refractivity (Wildman–Crippen MR) is 238 cm³/mol. The average molecular weight is 851 g/mol. The number of carbonyl (C=O) groups excluding carboxylic acids is 4. The summed E-state index contributed by atoms with van der Waals surface area (Å²) in [5, 5.41) is 5.63. The molecule has 332 valence electrons. The van der Waals surface area contributed by atoms with Crippen LogP contribution in [-0.4, -0.2) is 61.5 Å². The van der Waals surface area contributed by atoms with Crippen LogP contribution in [0.1, 0.15) is 101 Å². The maximum atomic E-state index is 14.4. The molecule has 13 nitrogen and oxygen atoms in total. The van der Waals surface area contributed by atoms with Crippen molar-refractivity contribution in [3.63, 3.8) is 0 Å². The maximum Gasteiger partial charge on any atom is 0.310 e. The van der Waals surface area contributed by atoms with Crippen LogP contribution in [-0.2, 0) is 48.8 Å². The quantitative estimate of drug-likeness (QED) is 0.0773. The third kappa shape index (κ3) is 10.9. The van der Waals surface area contributed by atoms with Gasteiger partial charge in [0.15, 0.2) is 5.78 Å². The van der Waals surface area contributed by atoms with Crippen LogP contribution in [0, 0.1) is 5.92 Å². The Hall–Kier alpha value is -5.92. The second-order valence-corrected chi connectivity index (χ2v) is 17.4. The van der Waals surface area contributed by atoms with Crippen molar-refractivity contribution in [3.05, 3.63) is 112 Å². The lowest BCUT2D eigenvalue weighted by Crippen LogP contribution is -2.56. The third-order valence-corrected chi connectivity index (χ3v) is 11.3. The van der Waals surface area contributed by atoms with E-state index in [4.69, 9.17) is 35.2 Å². The molecule has 5 rings (SSSR count). The molecule has 0 saturated heterocycles. The molecule has 2 amide bonds. The lowest BCUT2D eigenvalue weighted by Gasteiger charge is -2.38. The summed E-state index contributed by atoms with van der Waals surface area (Å²) in [6.45, 7) is 15.3. The second-order valence-electron chi connectivity index (χ2n) is 17.4. The average Bonchev–Trinajstić information content (AvgIpc) is 3.24. The van der Waals surface area contributed by atoms with Gasteiger partial charge in [0, 0.05) is 28.5 Å². The normalized spacial score (nSPS) is 15.2. The molecule has 4 aromatic rings. The number of nitrogens with one attached hydrogen (secondary N) is 2. The fourth-order valence-electron chi connectivity index (χ4n) is 7.48. The van der Waals surface area contributed by atoms with E-state index in [1.54, 1.807) is 24.3 Å². The zero-order valence-electron chi connectivity index (χ0n) is 37.5. The number of amides is 2. The molecular formula is C49H62N4O9. The molecule has 0 aliphatic carbocycles. The number of rotatable bonds is 18. The number of nitrogens with two attached hydrogens (primary N) is 2. The van der Waals surface area contributed by atoms with Gasteiger partial charge in [-0.15, -0.1) is 0 Å². The molecule has 4 aromatic carbocycles. The summed E-state index contributed by atoms with van der Waals surface area (Å²) in [5.41, 5.74) is 15.9. The van der Waals surface area contributed by atoms with E-state index < -0.39 is 58.8 Å². The fraction of sp³-hybridized carbons (Fsp3) is 0.429. The molecule has 0 saturated carbocycles. The molecule has 6 N–H and O–H groups in total. The number of ether oxygens (including phenoxy) is 5. The highest BCUT2D eigenvalue weighted by Crippen LogP contribution is 2.54. The Morgan fingerprint density at radius 3 is 1.98 bits per heavy atom. The Morgan fingerprint density at radius 1 is 0.774 bits per heavy atom. The Labute approximate surface area is 365 Å². The highest BCUT2D eigenvalue weighted by molar-refractivity contribution is 5.96. The van der Waals surface area contributed by atoms with E-state index in [1.807, 2.05) is 103 Å². The van der Waals surface area contributed by atoms with Gasteiger partial charge in [0.2, 0.25) is 11.8 Å². The largest absolute Gasteiger partial charge is 0.496 e. The number of ketones is 1. The van der Waals surface area contributed by atoms with Gasteiger partial charge in [-0.2, -0.15) is 0 Å². The van der Waals surface area contributed by atoms with Crippen LogP contribution in [0.25, 0.3) is 0 Å². The van der Waals surface area contributed by atoms with Crippen LogP contribution in [0.2, 0.25) is 0 Å². The minimum absolute atomic E-state index is 0.0954. The van der Waals surface area contributed by atoms with Gasteiger partial charge in [-0.05, 0) is 69.0 Å². The number of Topliss-reactive ketones (excluding diaryl/α,β-unsaturated/α-hetero) is 1. The van der Waals surface area contributed by atoms with Gasteiger partial charge in [-0.1, -0.05) is 88.7 Å². The minimum Gasteiger partial charge on any atom is -0.496 e. The van der Waals surface area contributed by atoms with Crippen LogP contribution in [0.3, 0.4) is 0 Å². The summed E-state index contributed by atoms with van der Waals surface area (Å²) in [7, 11) is 2.97. The van der Waals surface area contributed by atoms with Crippen LogP contribution >= 0.6 is 0 Å². The number of carbonyl (C=O) groups is 4. The number of methoxy groups -OCH3 is 2. The van der Waals surface area contributed by atoms with Crippen molar-refractivity contribution in [2.24, 2.45) is 17.4 Å². The number of benzene rings is 4. The van der Waals surface area contributed by atoms with Crippen LogP contribution in [0.4, 0.5) is 0 Å². The minimum atomic E-state index is -1.35. The summed E-state index contributed by atoms with van der Waals surface area (Å²) in [6.07, 6.45) is 0.619. The van der Waals surface area contributed by atoms with E-state index in [-0.39, 0.29) is 42.4 Å². The van der Waals surface area contributed by atoms with E-state index in [9.17, 15) is 19.2 Å². The Balaban J connectivity index is 1.43. The first-order valence-corrected chi connectivity index (χ1v) is 21.0. The van der Waals surface area contributed by atoms with Crippen molar-refractivity contribution in [1.82, 2.24) is 10.6 Å². The molecule has 1 aliphatic heterocycles. The van der Waals surface area contributed by atoms with E-state index in [1.165, 1.54) is 21.1 Å². The predicted octanol–water partition coefficient (Wildman–Crippen LogP) is 6.77. The summed E-state index contributed by atoms with van der Waals surface area (Å²) in [4.78, 5) is 55.1. The molecule has 0 bridgehead atoms. The summed E-state index contributed by atoms with van der Waals surface area (Å²) in [5.74, 6) is -0.217. The lowest BCUT2D eigenvalue weighted by molar-refractivity contribution is -0.144. The van der Waals surface area contributed by atoms with Crippen LogP contribution in [0.5, 0.6) is 28.7 Å². The smallest absolute Gasteiger partial charge is 0.310 e. The van der Waals surface area contributed by atoms with Crippen LogP contribution < -0.4 is 41.0 Å². The molecule has 0 spiro atoms. The molecular weight excluding hydrogens is 789 g/mol. The standard InChI is InChI=1S/C49H62N4O9/c1-11-28(2)41(50)47(57)53-36(25-30-17-19-32(20-18-30)62-48(4,5)6)46(56)52-29(3)43(55)42(51)40-38(59-10)24-22-35-45(40)61-44-33(37(58-9)23-21-34(44)49(35,7)8)26-39(54)60-27-31-15-13-12-14-16-31/h12-24,28-29,36,41-42H,11,25-27,50-51H2,1-10H3,(H,52,56)(H,53,57)/t28-,29-,36-,41-,42?/m0/s1. The fourth-order valence-corrected chi connectivity index (χ4v) is 7.48. The first-order chi connectivity index (χ1) is 29.3. The molecule has 1 heterocycles. The summed E-state index contributed by atoms with van der Waals surface area (Å²) in [6, 6.07) is 19.5.